The maximum atomic E-state index is 12.7. The maximum Gasteiger partial charge on any atom is 0.123 e. The molecule has 3 heteroatoms. The minimum Gasteiger partial charge on any atom is -0.310 e. The zero-order chi connectivity index (χ0) is 11.4. The van der Waals surface area contributed by atoms with Crippen LogP contribution in [0.3, 0.4) is 0 Å². The third-order valence-corrected chi connectivity index (χ3v) is 4.32. The zero-order valence-corrected chi connectivity index (χ0v) is 10.4. The smallest absolute Gasteiger partial charge is 0.123 e. The molecule has 2 atom stereocenters. The van der Waals surface area contributed by atoms with Crippen molar-refractivity contribution in [3.05, 3.63) is 35.6 Å². The van der Waals surface area contributed by atoms with Crippen molar-refractivity contribution in [3.8, 4) is 0 Å². The van der Waals surface area contributed by atoms with Crippen LogP contribution >= 0.6 is 11.8 Å². The second kappa shape index (κ2) is 5.69. The molecule has 2 unspecified atom stereocenters. The van der Waals surface area contributed by atoms with Crippen LogP contribution in [0.5, 0.6) is 0 Å². The maximum absolute atomic E-state index is 12.7. The van der Waals surface area contributed by atoms with Crippen LogP contribution < -0.4 is 5.32 Å². The second-order valence-electron chi connectivity index (χ2n) is 4.38. The van der Waals surface area contributed by atoms with Crippen molar-refractivity contribution >= 4 is 11.8 Å². The van der Waals surface area contributed by atoms with Gasteiger partial charge in [-0.1, -0.05) is 12.1 Å². The number of halogens is 1. The van der Waals surface area contributed by atoms with E-state index in [1.165, 1.54) is 31.4 Å². The van der Waals surface area contributed by atoms with Gasteiger partial charge in [0.1, 0.15) is 5.82 Å². The molecule has 0 spiro atoms. The number of benzene rings is 1. The van der Waals surface area contributed by atoms with Crippen LogP contribution in [0.4, 0.5) is 4.39 Å². The molecule has 1 fully saturated rings. The minimum absolute atomic E-state index is 0.160. The normalized spacial score (nSPS) is 24.9. The average molecular weight is 239 g/mol. The summed E-state index contributed by atoms with van der Waals surface area (Å²) in [7, 11) is 0. The topological polar surface area (TPSA) is 12.0 Å². The molecule has 1 aliphatic rings. The molecule has 0 aromatic heterocycles. The summed E-state index contributed by atoms with van der Waals surface area (Å²) in [4.78, 5) is 0. The van der Waals surface area contributed by atoms with Gasteiger partial charge >= 0.3 is 0 Å². The summed E-state index contributed by atoms with van der Waals surface area (Å²) < 4.78 is 12.7. The number of thioether (sulfide) groups is 1. The molecule has 16 heavy (non-hydrogen) atoms. The highest BCUT2D eigenvalue weighted by Gasteiger charge is 2.22. The number of nitrogens with one attached hydrogen (secondary N) is 1. The molecule has 2 rings (SSSR count). The summed E-state index contributed by atoms with van der Waals surface area (Å²) in [6.07, 6.45) is 6.05. The van der Waals surface area contributed by atoms with Gasteiger partial charge in [-0.15, -0.1) is 0 Å². The van der Waals surface area contributed by atoms with Crippen LogP contribution in [-0.4, -0.2) is 17.5 Å². The first-order valence-electron chi connectivity index (χ1n) is 5.78. The fourth-order valence-corrected chi connectivity index (χ4v) is 3.00. The van der Waals surface area contributed by atoms with Gasteiger partial charge in [-0.2, -0.15) is 11.8 Å². The van der Waals surface area contributed by atoms with E-state index in [0.717, 1.165) is 17.4 Å². The third kappa shape index (κ3) is 3.22. The zero-order valence-electron chi connectivity index (χ0n) is 9.58. The standard InChI is InChI=1S/C13H18FNS/c1-16-13-7-6-12(8-13)15-9-10-2-4-11(14)5-3-10/h2-5,12-13,15H,6-9H2,1H3. The van der Waals surface area contributed by atoms with Gasteiger partial charge in [-0.3, -0.25) is 0 Å². The van der Waals surface area contributed by atoms with Gasteiger partial charge in [0.2, 0.25) is 0 Å². The van der Waals surface area contributed by atoms with Gasteiger partial charge in [0.15, 0.2) is 0 Å². The highest BCUT2D eigenvalue weighted by atomic mass is 32.2. The van der Waals surface area contributed by atoms with Crippen molar-refractivity contribution < 1.29 is 4.39 Å². The van der Waals surface area contributed by atoms with E-state index >= 15 is 0 Å². The van der Waals surface area contributed by atoms with E-state index in [2.05, 4.69) is 11.6 Å². The monoisotopic (exact) mass is 239 g/mol. The Morgan fingerprint density at radius 3 is 2.69 bits per heavy atom. The van der Waals surface area contributed by atoms with Crippen LogP contribution in [0.1, 0.15) is 24.8 Å². The fourth-order valence-electron chi connectivity index (χ4n) is 2.20. The molecule has 0 heterocycles. The lowest BCUT2D eigenvalue weighted by atomic mass is 10.2. The van der Waals surface area contributed by atoms with Crippen LogP contribution in [0.25, 0.3) is 0 Å². The molecule has 1 aromatic carbocycles. The van der Waals surface area contributed by atoms with Crippen molar-refractivity contribution in [1.29, 1.82) is 0 Å². The molecular formula is C13H18FNS. The van der Waals surface area contributed by atoms with E-state index in [9.17, 15) is 4.39 Å². The summed E-state index contributed by atoms with van der Waals surface area (Å²) in [6.45, 7) is 0.853. The molecule has 1 N–H and O–H groups in total. The van der Waals surface area contributed by atoms with Gasteiger partial charge in [0.05, 0.1) is 0 Å². The Morgan fingerprint density at radius 2 is 2.06 bits per heavy atom. The lowest BCUT2D eigenvalue weighted by molar-refractivity contribution is 0.524. The molecular weight excluding hydrogens is 221 g/mol. The first-order chi connectivity index (χ1) is 7.78. The van der Waals surface area contributed by atoms with Crippen LogP contribution in [0, 0.1) is 5.82 Å². The lowest BCUT2D eigenvalue weighted by Crippen LogP contribution is -2.26. The van der Waals surface area contributed by atoms with E-state index in [0.29, 0.717) is 6.04 Å². The first-order valence-corrected chi connectivity index (χ1v) is 7.07. The van der Waals surface area contributed by atoms with Crippen molar-refractivity contribution in [1.82, 2.24) is 5.32 Å². The largest absolute Gasteiger partial charge is 0.310 e. The van der Waals surface area contributed by atoms with Gasteiger partial charge in [0.25, 0.3) is 0 Å². The predicted molar refractivity (Wildman–Crippen MR) is 68.2 cm³/mol. The second-order valence-corrected chi connectivity index (χ2v) is 5.51. The highest BCUT2D eigenvalue weighted by Crippen LogP contribution is 2.28. The average Bonchev–Trinajstić information content (AvgIpc) is 2.76. The molecule has 88 valence electrons. The Bertz CT molecular complexity index is 325. The van der Waals surface area contributed by atoms with E-state index in [-0.39, 0.29) is 5.82 Å². The predicted octanol–water partition coefficient (Wildman–Crippen LogP) is 3.20. The molecule has 0 aliphatic heterocycles. The Morgan fingerprint density at radius 1 is 1.31 bits per heavy atom. The first kappa shape index (κ1) is 11.9. The van der Waals surface area contributed by atoms with E-state index in [4.69, 9.17) is 0 Å². The van der Waals surface area contributed by atoms with Gasteiger partial charge in [0, 0.05) is 17.8 Å². The summed E-state index contributed by atoms with van der Waals surface area (Å²) in [5, 5.41) is 4.37. The Kier molecular flexibility index (Phi) is 4.24. The van der Waals surface area contributed by atoms with E-state index in [1.807, 2.05) is 23.9 Å². The molecule has 0 amide bonds. The molecule has 0 radical (unpaired) electrons. The van der Waals surface area contributed by atoms with E-state index in [1.54, 1.807) is 0 Å². The summed E-state index contributed by atoms with van der Waals surface area (Å²) in [5.41, 5.74) is 1.16. The quantitative estimate of drug-likeness (QED) is 0.866. The molecule has 1 saturated carbocycles. The van der Waals surface area contributed by atoms with Crippen LogP contribution in [0.2, 0.25) is 0 Å². The van der Waals surface area contributed by atoms with Crippen LogP contribution in [-0.2, 0) is 6.54 Å². The van der Waals surface area contributed by atoms with Crippen molar-refractivity contribution in [2.45, 2.75) is 37.1 Å². The van der Waals surface area contributed by atoms with Crippen molar-refractivity contribution in [2.75, 3.05) is 6.26 Å². The molecule has 0 bridgehead atoms. The van der Waals surface area contributed by atoms with Crippen LogP contribution in [0.15, 0.2) is 24.3 Å². The van der Waals surface area contributed by atoms with Gasteiger partial charge < -0.3 is 5.32 Å². The minimum atomic E-state index is -0.160. The van der Waals surface area contributed by atoms with E-state index < -0.39 is 0 Å². The van der Waals surface area contributed by atoms with Gasteiger partial charge in [-0.25, -0.2) is 4.39 Å². The molecule has 1 nitrogen and oxygen atoms in total. The SMILES string of the molecule is CSC1CCC(NCc2ccc(F)cc2)C1. The molecule has 0 saturated heterocycles. The number of rotatable bonds is 4. The lowest BCUT2D eigenvalue weighted by Gasteiger charge is -2.12. The Labute approximate surface area is 101 Å². The number of hydrogen-bond acceptors (Lipinski definition) is 2. The Hall–Kier alpha value is -0.540. The van der Waals surface area contributed by atoms with Crippen molar-refractivity contribution in [3.63, 3.8) is 0 Å². The summed E-state index contributed by atoms with van der Waals surface area (Å²) >= 11 is 1.97. The third-order valence-electron chi connectivity index (χ3n) is 3.23. The molecule has 1 aromatic rings. The number of hydrogen-bond donors (Lipinski definition) is 1. The fraction of sp³-hybridized carbons (Fsp3) is 0.538. The Balaban J connectivity index is 1.77. The van der Waals surface area contributed by atoms with Crippen molar-refractivity contribution in [2.24, 2.45) is 0 Å². The summed E-state index contributed by atoms with van der Waals surface area (Å²) in [5.74, 6) is -0.160. The molecule has 1 aliphatic carbocycles. The highest BCUT2D eigenvalue weighted by molar-refractivity contribution is 7.99. The van der Waals surface area contributed by atoms with Gasteiger partial charge in [-0.05, 0) is 43.2 Å². The summed E-state index contributed by atoms with van der Waals surface area (Å²) in [6, 6.07) is 7.39.